The molecule has 5 rings (SSSR count). The maximum atomic E-state index is 14.8. The smallest absolute Gasteiger partial charge is 0.137 e. The van der Waals surface area contributed by atoms with Crippen molar-refractivity contribution in [3.05, 3.63) is 102 Å². The topological polar surface area (TPSA) is 90.0 Å². The molecule has 0 spiro atoms. The lowest BCUT2D eigenvalue weighted by atomic mass is 9.91. The number of halogens is 2. The molecule has 1 saturated heterocycles. The molecule has 1 aliphatic heterocycles. The van der Waals surface area contributed by atoms with Crippen LogP contribution in [0.1, 0.15) is 24.0 Å². The first-order valence-electron chi connectivity index (χ1n) is 12.5. The lowest BCUT2D eigenvalue weighted by Gasteiger charge is -2.39. The molecule has 0 bridgehead atoms. The number of β-amino-alcohol motifs (C(OH)–C–C–N with tert-alkyl or cyclic N) is 1. The van der Waals surface area contributed by atoms with Gasteiger partial charge in [0.25, 0.3) is 0 Å². The van der Waals surface area contributed by atoms with Crippen LogP contribution in [0.15, 0.2) is 79.4 Å². The van der Waals surface area contributed by atoms with Gasteiger partial charge in [-0.1, -0.05) is 42.5 Å². The number of aliphatic hydroxyl groups is 1. The van der Waals surface area contributed by atoms with Gasteiger partial charge in [0.2, 0.25) is 0 Å². The number of piperidine rings is 1. The molecule has 0 radical (unpaired) electrons. The van der Waals surface area contributed by atoms with Gasteiger partial charge in [-0.05, 0) is 31.0 Å². The average Bonchev–Trinajstić information content (AvgIpc) is 3.42. The second-order valence-electron chi connectivity index (χ2n) is 9.65. The summed E-state index contributed by atoms with van der Waals surface area (Å²) in [6, 6.07) is 21.2. The first-order valence-corrected chi connectivity index (χ1v) is 12.5. The minimum atomic E-state index is -1.63. The normalized spacial score (nSPS) is 16.1. The van der Waals surface area contributed by atoms with Crippen molar-refractivity contribution < 1.29 is 13.9 Å². The van der Waals surface area contributed by atoms with Crippen molar-refractivity contribution in [2.45, 2.75) is 31.0 Å². The van der Waals surface area contributed by atoms with Crippen LogP contribution in [0, 0.1) is 23.0 Å². The fourth-order valence-electron chi connectivity index (χ4n) is 5.15. The standard InChI is InChI=1S/C29H28F2N6O/c30-22-9-10-26(27(31)15-22)29(38,18-37-20-33-19-34-37)17-36-13-11-23(12-14-36)35-28-8-4-3-7-25(28)24-6-2-1-5-21(24)16-32/h1-10,15,19-20,23,35,38H,11-14,17-18H2. The largest absolute Gasteiger partial charge is 0.382 e. The summed E-state index contributed by atoms with van der Waals surface area (Å²) >= 11 is 0. The van der Waals surface area contributed by atoms with E-state index in [2.05, 4.69) is 26.4 Å². The van der Waals surface area contributed by atoms with Crippen LogP contribution in [0.5, 0.6) is 0 Å². The minimum Gasteiger partial charge on any atom is -0.382 e. The summed E-state index contributed by atoms with van der Waals surface area (Å²) < 4.78 is 29.8. The second kappa shape index (κ2) is 11.1. The number of anilines is 1. The highest BCUT2D eigenvalue weighted by Crippen LogP contribution is 2.33. The minimum absolute atomic E-state index is 0.0145. The van der Waals surface area contributed by atoms with Crippen molar-refractivity contribution in [1.29, 1.82) is 5.26 Å². The van der Waals surface area contributed by atoms with Crippen molar-refractivity contribution in [2.75, 3.05) is 25.0 Å². The van der Waals surface area contributed by atoms with Crippen molar-refractivity contribution in [1.82, 2.24) is 19.7 Å². The highest BCUT2D eigenvalue weighted by molar-refractivity contribution is 5.81. The van der Waals surface area contributed by atoms with Crippen molar-refractivity contribution in [3.63, 3.8) is 0 Å². The zero-order valence-electron chi connectivity index (χ0n) is 20.8. The third-order valence-corrected chi connectivity index (χ3v) is 7.02. The molecule has 0 amide bonds. The van der Waals surface area contributed by atoms with E-state index < -0.39 is 17.2 Å². The average molecular weight is 515 g/mol. The van der Waals surface area contributed by atoms with E-state index >= 15 is 0 Å². The van der Waals surface area contributed by atoms with Crippen LogP contribution < -0.4 is 5.32 Å². The first-order chi connectivity index (χ1) is 18.4. The van der Waals surface area contributed by atoms with E-state index in [0.29, 0.717) is 18.7 Å². The Labute approximate surface area is 220 Å². The molecular formula is C29H28F2N6O. The van der Waals surface area contributed by atoms with Gasteiger partial charge in [0.1, 0.15) is 29.9 Å². The quantitative estimate of drug-likeness (QED) is 0.358. The fraction of sp³-hybridized carbons (Fsp3) is 0.276. The zero-order chi connectivity index (χ0) is 26.5. The lowest BCUT2D eigenvalue weighted by Crippen LogP contribution is -2.48. The Morgan fingerprint density at radius 2 is 1.74 bits per heavy atom. The number of hydrogen-bond acceptors (Lipinski definition) is 6. The monoisotopic (exact) mass is 514 g/mol. The number of likely N-dealkylation sites (tertiary alicyclic amines) is 1. The lowest BCUT2D eigenvalue weighted by molar-refractivity contribution is -0.0260. The molecule has 1 aliphatic rings. The van der Waals surface area contributed by atoms with Crippen LogP contribution in [0.3, 0.4) is 0 Å². The van der Waals surface area contributed by atoms with E-state index in [1.807, 2.05) is 48.5 Å². The Bertz CT molecular complexity index is 1430. The number of hydrogen-bond donors (Lipinski definition) is 2. The number of para-hydroxylation sites is 1. The molecule has 4 aromatic rings. The first kappa shape index (κ1) is 25.5. The van der Waals surface area contributed by atoms with Crippen LogP contribution in [-0.2, 0) is 12.1 Å². The summed E-state index contributed by atoms with van der Waals surface area (Å²) in [5, 5.41) is 28.9. The van der Waals surface area contributed by atoms with E-state index in [1.54, 1.807) is 0 Å². The molecule has 1 fully saturated rings. The molecule has 7 nitrogen and oxygen atoms in total. The molecular weight excluding hydrogens is 486 g/mol. The highest BCUT2D eigenvalue weighted by Gasteiger charge is 2.36. The van der Waals surface area contributed by atoms with Gasteiger partial charge in [-0.3, -0.25) is 4.90 Å². The molecule has 2 heterocycles. The summed E-state index contributed by atoms with van der Waals surface area (Å²) in [7, 11) is 0. The van der Waals surface area contributed by atoms with Gasteiger partial charge in [-0.15, -0.1) is 0 Å². The van der Waals surface area contributed by atoms with E-state index in [9.17, 15) is 19.1 Å². The van der Waals surface area contributed by atoms with Crippen LogP contribution >= 0.6 is 0 Å². The summed E-state index contributed by atoms with van der Waals surface area (Å²) in [5.74, 6) is -1.49. The van der Waals surface area contributed by atoms with E-state index in [-0.39, 0.29) is 24.7 Å². The number of nitrogens with zero attached hydrogens (tertiary/aromatic N) is 5. The maximum absolute atomic E-state index is 14.8. The molecule has 1 unspecified atom stereocenters. The summed E-state index contributed by atoms with van der Waals surface area (Å²) in [6.45, 7) is 1.50. The molecule has 1 aromatic heterocycles. The summed E-state index contributed by atoms with van der Waals surface area (Å²) in [6.07, 6.45) is 4.43. The predicted molar refractivity (Wildman–Crippen MR) is 140 cm³/mol. The zero-order valence-corrected chi connectivity index (χ0v) is 20.8. The van der Waals surface area contributed by atoms with Gasteiger partial charge < -0.3 is 10.4 Å². The predicted octanol–water partition coefficient (Wildman–Crippen LogP) is 4.56. The molecule has 0 aliphatic carbocycles. The third-order valence-electron chi connectivity index (χ3n) is 7.02. The van der Waals surface area contributed by atoms with Gasteiger partial charge >= 0.3 is 0 Å². The van der Waals surface area contributed by atoms with E-state index in [0.717, 1.165) is 41.8 Å². The molecule has 9 heteroatoms. The Morgan fingerprint density at radius 1 is 1.00 bits per heavy atom. The maximum Gasteiger partial charge on any atom is 0.137 e. The summed E-state index contributed by atoms with van der Waals surface area (Å²) in [4.78, 5) is 6.01. The fourth-order valence-corrected chi connectivity index (χ4v) is 5.15. The highest BCUT2D eigenvalue weighted by atomic mass is 19.1. The SMILES string of the molecule is N#Cc1ccccc1-c1ccccc1NC1CCN(CC(O)(Cn2cncn2)c2ccc(F)cc2F)CC1. The van der Waals surface area contributed by atoms with Crippen LogP contribution in [-0.4, -0.2) is 50.4 Å². The van der Waals surface area contributed by atoms with Crippen molar-refractivity contribution >= 4 is 5.69 Å². The van der Waals surface area contributed by atoms with E-state index in [4.69, 9.17) is 0 Å². The molecule has 38 heavy (non-hydrogen) atoms. The summed E-state index contributed by atoms with van der Waals surface area (Å²) in [5.41, 5.74) is 1.84. The van der Waals surface area contributed by atoms with Gasteiger partial charge in [0.05, 0.1) is 18.2 Å². The second-order valence-corrected chi connectivity index (χ2v) is 9.65. The Kier molecular flexibility index (Phi) is 7.45. The van der Waals surface area contributed by atoms with Crippen LogP contribution in [0.25, 0.3) is 11.1 Å². The molecule has 3 aromatic carbocycles. The molecule has 1 atom stereocenters. The van der Waals surface area contributed by atoms with Crippen LogP contribution in [0.4, 0.5) is 14.5 Å². The number of benzene rings is 3. The van der Waals surface area contributed by atoms with Crippen LogP contribution in [0.2, 0.25) is 0 Å². The molecule has 2 N–H and O–H groups in total. The molecule has 0 saturated carbocycles. The number of rotatable bonds is 8. The number of aromatic nitrogens is 3. The van der Waals surface area contributed by atoms with Gasteiger partial charge in [-0.25, -0.2) is 18.4 Å². The number of nitrogens with one attached hydrogen (secondary N) is 1. The Hall–Kier alpha value is -4.13. The van der Waals surface area contributed by atoms with Crippen molar-refractivity contribution in [2.24, 2.45) is 0 Å². The van der Waals surface area contributed by atoms with Gasteiger partial charge in [-0.2, -0.15) is 10.4 Å². The van der Waals surface area contributed by atoms with Crippen molar-refractivity contribution in [3.8, 4) is 17.2 Å². The Balaban J connectivity index is 1.29. The van der Waals surface area contributed by atoms with Gasteiger partial charge in [0.15, 0.2) is 0 Å². The third kappa shape index (κ3) is 5.57. The molecule has 194 valence electrons. The number of nitriles is 1. The Morgan fingerprint density at radius 3 is 2.45 bits per heavy atom. The van der Waals surface area contributed by atoms with Gasteiger partial charge in [0, 0.05) is 54.1 Å². The van der Waals surface area contributed by atoms with E-state index in [1.165, 1.54) is 23.4 Å².